The van der Waals surface area contributed by atoms with Gasteiger partial charge in [-0.05, 0) is 43.4 Å². The van der Waals surface area contributed by atoms with Crippen LogP contribution in [0.25, 0.3) is 0 Å². The number of amides is 2. The lowest BCUT2D eigenvalue weighted by Crippen LogP contribution is -2.44. The fourth-order valence-electron chi connectivity index (χ4n) is 3.09. The fraction of sp³-hybridized carbons (Fsp3) is 0.611. The van der Waals surface area contributed by atoms with Crippen molar-refractivity contribution in [3.8, 4) is 0 Å². The molecule has 2 heterocycles. The normalized spacial score (nSPS) is 15.7. The van der Waals surface area contributed by atoms with Crippen molar-refractivity contribution in [1.82, 2.24) is 15.2 Å². The highest BCUT2D eigenvalue weighted by Gasteiger charge is 2.29. The van der Waals surface area contributed by atoms with Crippen LogP contribution in [0.3, 0.4) is 0 Å². The molecule has 0 saturated carbocycles. The van der Waals surface area contributed by atoms with E-state index in [-0.39, 0.29) is 23.7 Å². The molecule has 0 unspecified atom stereocenters. The van der Waals surface area contributed by atoms with Crippen LogP contribution in [-0.4, -0.2) is 34.8 Å². The zero-order chi connectivity index (χ0) is 16.7. The van der Waals surface area contributed by atoms with E-state index in [9.17, 15) is 9.59 Å². The molecule has 1 fully saturated rings. The average molecular weight is 317 g/mol. The number of likely N-dealkylation sites (tertiary alicyclic amines) is 1. The summed E-state index contributed by atoms with van der Waals surface area (Å²) in [5, 5.41) is 2.99. The van der Waals surface area contributed by atoms with E-state index in [1.54, 1.807) is 12.4 Å². The van der Waals surface area contributed by atoms with E-state index in [0.717, 1.165) is 31.2 Å². The SMILES string of the molecule is CCC(CC)C(=O)N1CCC(C(=O)NCc2ccncc2)CC1. The topological polar surface area (TPSA) is 62.3 Å². The van der Waals surface area contributed by atoms with Gasteiger partial charge in [0.15, 0.2) is 0 Å². The summed E-state index contributed by atoms with van der Waals surface area (Å²) in [6.07, 6.45) is 6.75. The van der Waals surface area contributed by atoms with Crippen LogP contribution in [-0.2, 0) is 16.1 Å². The Morgan fingerprint density at radius 2 is 1.83 bits per heavy atom. The number of hydrogen-bond acceptors (Lipinski definition) is 3. The van der Waals surface area contributed by atoms with Crippen LogP contribution in [0.15, 0.2) is 24.5 Å². The summed E-state index contributed by atoms with van der Waals surface area (Å²) in [6.45, 7) is 6.05. The summed E-state index contributed by atoms with van der Waals surface area (Å²) >= 11 is 0. The molecule has 5 nitrogen and oxygen atoms in total. The average Bonchev–Trinajstić information content (AvgIpc) is 2.61. The third kappa shape index (κ3) is 4.78. The molecule has 2 rings (SSSR count). The first-order valence-electron chi connectivity index (χ1n) is 8.61. The fourth-order valence-corrected chi connectivity index (χ4v) is 3.09. The van der Waals surface area contributed by atoms with Gasteiger partial charge in [0.05, 0.1) is 0 Å². The Hall–Kier alpha value is -1.91. The van der Waals surface area contributed by atoms with Crippen LogP contribution in [0.5, 0.6) is 0 Å². The van der Waals surface area contributed by atoms with Crippen molar-refractivity contribution >= 4 is 11.8 Å². The minimum Gasteiger partial charge on any atom is -0.352 e. The third-order valence-electron chi connectivity index (χ3n) is 4.73. The number of carbonyl (C=O) groups is 2. The highest BCUT2D eigenvalue weighted by atomic mass is 16.2. The van der Waals surface area contributed by atoms with Gasteiger partial charge in [-0.3, -0.25) is 14.6 Å². The highest BCUT2D eigenvalue weighted by molar-refractivity contribution is 5.81. The molecule has 5 heteroatoms. The first-order valence-corrected chi connectivity index (χ1v) is 8.61. The van der Waals surface area contributed by atoms with Gasteiger partial charge in [0.1, 0.15) is 0 Å². The number of nitrogens with zero attached hydrogens (tertiary/aromatic N) is 2. The molecule has 0 atom stereocenters. The molecule has 126 valence electrons. The second-order valence-electron chi connectivity index (χ2n) is 6.19. The van der Waals surface area contributed by atoms with Crippen LogP contribution in [0, 0.1) is 11.8 Å². The van der Waals surface area contributed by atoms with Crippen LogP contribution in [0.1, 0.15) is 45.1 Å². The lowest BCUT2D eigenvalue weighted by Gasteiger charge is -2.33. The number of carbonyl (C=O) groups excluding carboxylic acids is 2. The molecule has 23 heavy (non-hydrogen) atoms. The highest BCUT2D eigenvalue weighted by Crippen LogP contribution is 2.21. The summed E-state index contributed by atoms with van der Waals surface area (Å²) in [6, 6.07) is 3.80. The maximum atomic E-state index is 12.4. The Kier molecular flexibility index (Phi) is 6.56. The molecule has 0 aromatic carbocycles. The molecule has 1 aromatic heterocycles. The summed E-state index contributed by atoms with van der Waals surface area (Å²) in [5.74, 6) is 0.497. The van der Waals surface area contributed by atoms with Crippen molar-refractivity contribution in [2.45, 2.75) is 46.1 Å². The lowest BCUT2D eigenvalue weighted by molar-refractivity contribution is -0.139. The van der Waals surface area contributed by atoms with E-state index in [0.29, 0.717) is 19.6 Å². The smallest absolute Gasteiger partial charge is 0.225 e. The molecule has 2 amide bonds. The molecule has 1 saturated heterocycles. The van der Waals surface area contributed by atoms with Gasteiger partial charge in [-0.1, -0.05) is 13.8 Å². The maximum absolute atomic E-state index is 12.4. The first kappa shape index (κ1) is 17.4. The van der Waals surface area contributed by atoms with Gasteiger partial charge in [0.25, 0.3) is 0 Å². The zero-order valence-electron chi connectivity index (χ0n) is 14.1. The van der Waals surface area contributed by atoms with Crippen LogP contribution < -0.4 is 5.32 Å². The zero-order valence-corrected chi connectivity index (χ0v) is 14.1. The molecule has 0 spiro atoms. The minimum atomic E-state index is 0.0163. The van der Waals surface area contributed by atoms with E-state index in [1.165, 1.54) is 0 Å². The second kappa shape index (κ2) is 8.65. The van der Waals surface area contributed by atoms with Gasteiger partial charge in [-0.15, -0.1) is 0 Å². The Balaban J connectivity index is 1.77. The number of nitrogens with one attached hydrogen (secondary N) is 1. The number of piperidine rings is 1. The van der Waals surface area contributed by atoms with Gasteiger partial charge in [0, 0.05) is 43.9 Å². The van der Waals surface area contributed by atoms with Gasteiger partial charge < -0.3 is 10.2 Å². The Labute approximate surface area is 138 Å². The summed E-state index contributed by atoms with van der Waals surface area (Å²) in [4.78, 5) is 30.5. The van der Waals surface area contributed by atoms with Gasteiger partial charge in [-0.2, -0.15) is 0 Å². The molecule has 1 aliphatic heterocycles. The number of hydrogen-bond donors (Lipinski definition) is 1. The number of pyridine rings is 1. The van der Waals surface area contributed by atoms with Crippen molar-refractivity contribution < 1.29 is 9.59 Å². The predicted molar refractivity (Wildman–Crippen MR) is 89.5 cm³/mol. The van der Waals surface area contributed by atoms with Crippen molar-refractivity contribution in [2.24, 2.45) is 11.8 Å². The molecule has 0 aliphatic carbocycles. The molecule has 0 radical (unpaired) electrons. The molecule has 1 aliphatic rings. The van der Waals surface area contributed by atoms with Gasteiger partial charge in [0.2, 0.25) is 11.8 Å². The number of rotatable bonds is 6. The Morgan fingerprint density at radius 3 is 2.39 bits per heavy atom. The second-order valence-corrected chi connectivity index (χ2v) is 6.19. The van der Waals surface area contributed by atoms with Crippen molar-refractivity contribution in [3.05, 3.63) is 30.1 Å². The van der Waals surface area contributed by atoms with E-state index >= 15 is 0 Å². The van der Waals surface area contributed by atoms with E-state index < -0.39 is 0 Å². The summed E-state index contributed by atoms with van der Waals surface area (Å²) < 4.78 is 0. The first-order chi connectivity index (χ1) is 11.2. The van der Waals surface area contributed by atoms with Crippen LogP contribution in [0.4, 0.5) is 0 Å². The van der Waals surface area contributed by atoms with Crippen LogP contribution >= 0.6 is 0 Å². The van der Waals surface area contributed by atoms with Crippen molar-refractivity contribution in [3.63, 3.8) is 0 Å². The van der Waals surface area contributed by atoms with Gasteiger partial charge >= 0.3 is 0 Å². The van der Waals surface area contributed by atoms with E-state index in [4.69, 9.17) is 0 Å². The Bertz CT molecular complexity index is 506. The molecule has 1 N–H and O–H groups in total. The monoisotopic (exact) mass is 317 g/mol. The molecular formula is C18H27N3O2. The maximum Gasteiger partial charge on any atom is 0.225 e. The van der Waals surface area contributed by atoms with E-state index in [1.807, 2.05) is 17.0 Å². The Morgan fingerprint density at radius 1 is 1.22 bits per heavy atom. The van der Waals surface area contributed by atoms with Crippen LogP contribution in [0.2, 0.25) is 0 Å². The summed E-state index contributed by atoms with van der Waals surface area (Å²) in [5.41, 5.74) is 1.05. The minimum absolute atomic E-state index is 0.0163. The quantitative estimate of drug-likeness (QED) is 0.876. The summed E-state index contributed by atoms with van der Waals surface area (Å²) in [7, 11) is 0. The van der Waals surface area contributed by atoms with E-state index in [2.05, 4.69) is 24.1 Å². The third-order valence-corrected chi connectivity index (χ3v) is 4.73. The largest absolute Gasteiger partial charge is 0.352 e. The van der Waals surface area contributed by atoms with Crippen molar-refractivity contribution in [1.29, 1.82) is 0 Å². The molecule has 1 aromatic rings. The van der Waals surface area contributed by atoms with Gasteiger partial charge in [-0.25, -0.2) is 0 Å². The predicted octanol–water partition coefficient (Wildman–Crippen LogP) is 2.37. The number of aromatic nitrogens is 1. The molecular weight excluding hydrogens is 290 g/mol. The standard InChI is InChI=1S/C18H27N3O2/c1-3-15(4-2)18(23)21-11-7-16(8-12-21)17(22)20-13-14-5-9-19-10-6-14/h5-6,9-10,15-16H,3-4,7-8,11-13H2,1-2H3,(H,20,22). The van der Waals surface area contributed by atoms with Crippen molar-refractivity contribution in [2.75, 3.05) is 13.1 Å². The molecule has 0 bridgehead atoms. The lowest BCUT2D eigenvalue weighted by atomic mass is 9.93.